The van der Waals surface area contributed by atoms with Gasteiger partial charge in [-0.1, -0.05) is 26.0 Å². The van der Waals surface area contributed by atoms with E-state index >= 15 is 0 Å². The van der Waals surface area contributed by atoms with Gasteiger partial charge in [-0.2, -0.15) is 0 Å². The molecular weight excluding hydrogens is 238 g/mol. The van der Waals surface area contributed by atoms with Crippen LogP contribution in [0.2, 0.25) is 0 Å². The maximum Gasteiger partial charge on any atom is 0.322 e. The molecule has 1 aliphatic rings. The van der Waals surface area contributed by atoms with Gasteiger partial charge >= 0.3 is 6.03 Å². The Hall–Kier alpha value is -1.55. The van der Waals surface area contributed by atoms with E-state index in [0.717, 1.165) is 30.6 Å². The van der Waals surface area contributed by atoms with Gasteiger partial charge in [-0.05, 0) is 36.5 Å². The van der Waals surface area contributed by atoms with E-state index in [0.29, 0.717) is 18.5 Å². The lowest BCUT2D eigenvalue weighted by Crippen LogP contribution is -2.41. The smallest absolute Gasteiger partial charge is 0.322 e. The molecule has 0 radical (unpaired) electrons. The van der Waals surface area contributed by atoms with Gasteiger partial charge in [-0.15, -0.1) is 0 Å². The van der Waals surface area contributed by atoms with Crippen molar-refractivity contribution in [1.29, 1.82) is 0 Å². The van der Waals surface area contributed by atoms with E-state index in [4.69, 9.17) is 5.73 Å². The second kappa shape index (κ2) is 6.06. The molecule has 0 aliphatic carbocycles. The van der Waals surface area contributed by atoms with Crippen LogP contribution in [0.4, 0.5) is 10.5 Å². The number of likely N-dealkylation sites (tertiary alicyclic amines) is 1. The Morgan fingerprint density at radius 1 is 1.53 bits per heavy atom. The first-order valence-electron chi connectivity index (χ1n) is 6.98. The van der Waals surface area contributed by atoms with Crippen molar-refractivity contribution < 1.29 is 4.79 Å². The first-order valence-corrected chi connectivity index (χ1v) is 6.98. The van der Waals surface area contributed by atoms with Crippen molar-refractivity contribution in [2.45, 2.75) is 39.3 Å². The molecule has 0 saturated carbocycles. The summed E-state index contributed by atoms with van der Waals surface area (Å²) < 4.78 is 0. The van der Waals surface area contributed by atoms with E-state index in [1.54, 1.807) is 0 Å². The summed E-state index contributed by atoms with van der Waals surface area (Å²) in [5, 5.41) is 2.97. The van der Waals surface area contributed by atoms with Gasteiger partial charge in [0.25, 0.3) is 0 Å². The van der Waals surface area contributed by atoms with E-state index < -0.39 is 0 Å². The van der Waals surface area contributed by atoms with Gasteiger partial charge in [0.05, 0.1) is 0 Å². The summed E-state index contributed by atoms with van der Waals surface area (Å²) in [5.41, 5.74) is 7.46. The van der Waals surface area contributed by atoms with Crippen LogP contribution in [0.1, 0.15) is 32.3 Å². The van der Waals surface area contributed by atoms with Crippen molar-refractivity contribution in [1.82, 2.24) is 4.90 Å². The fourth-order valence-electron chi connectivity index (χ4n) is 2.71. The first-order chi connectivity index (χ1) is 9.11. The minimum absolute atomic E-state index is 0.00497. The number of nitrogens with zero attached hydrogens (tertiary/aromatic N) is 1. The molecule has 1 fully saturated rings. The van der Waals surface area contributed by atoms with E-state index in [1.165, 1.54) is 0 Å². The number of hydrogen-bond donors (Lipinski definition) is 2. The quantitative estimate of drug-likeness (QED) is 0.879. The van der Waals surface area contributed by atoms with Crippen molar-refractivity contribution in [2.24, 2.45) is 11.7 Å². The van der Waals surface area contributed by atoms with Crippen molar-refractivity contribution in [3.8, 4) is 0 Å². The predicted octanol–water partition coefficient (Wildman–Crippen LogP) is 2.80. The van der Waals surface area contributed by atoms with Crippen LogP contribution in [0.15, 0.2) is 24.3 Å². The molecule has 1 aromatic rings. The number of anilines is 1. The standard InChI is InChI=1S/C15H23N3O/c1-11(2)14-7-4-8-18(14)15(19)17-13-6-3-5-12(9-13)10-16/h3,5-6,9,11,14H,4,7-8,10,16H2,1-2H3,(H,17,19). The molecule has 3 N–H and O–H groups in total. The highest BCUT2D eigenvalue weighted by atomic mass is 16.2. The number of urea groups is 1. The average molecular weight is 261 g/mol. The van der Waals surface area contributed by atoms with Crippen LogP contribution in [0.3, 0.4) is 0 Å². The van der Waals surface area contributed by atoms with E-state index in [1.807, 2.05) is 29.2 Å². The van der Waals surface area contributed by atoms with Gasteiger partial charge in [-0.3, -0.25) is 0 Å². The monoisotopic (exact) mass is 261 g/mol. The molecule has 0 aromatic heterocycles. The summed E-state index contributed by atoms with van der Waals surface area (Å²) in [6.07, 6.45) is 2.20. The molecule has 4 nitrogen and oxygen atoms in total. The average Bonchev–Trinajstić information content (AvgIpc) is 2.88. The molecule has 104 valence electrons. The molecule has 1 atom stereocenters. The van der Waals surface area contributed by atoms with Crippen LogP contribution in [-0.2, 0) is 6.54 Å². The van der Waals surface area contributed by atoms with Gasteiger partial charge in [0.2, 0.25) is 0 Å². The summed E-state index contributed by atoms with van der Waals surface area (Å²) in [7, 11) is 0. The lowest BCUT2D eigenvalue weighted by atomic mass is 10.0. The third kappa shape index (κ3) is 3.26. The van der Waals surface area contributed by atoms with Crippen LogP contribution >= 0.6 is 0 Å². The molecule has 1 aliphatic heterocycles. The highest BCUT2D eigenvalue weighted by molar-refractivity contribution is 5.89. The number of rotatable bonds is 3. The van der Waals surface area contributed by atoms with Crippen molar-refractivity contribution in [3.63, 3.8) is 0 Å². The Balaban J connectivity index is 2.04. The summed E-state index contributed by atoms with van der Waals surface area (Å²) >= 11 is 0. The molecule has 0 spiro atoms. The molecule has 1 aromatic carbocycles. The molecular formula is C15H23N3O. The Bertz CT molecular complexity index is 445. The van der Waals surface area contributed by atoms with Gasteiger partial charge < -0.3 is 16.0 Å². The third-order valence-electron chi connectivity index (χ3n) is 3.74. The lowest BCUT2D eigenvalue weighted by molar-refractivity contribution is 0.192. The molecule has 19 heavy (non-hydrogen) atoms. The number of carbonyl (C=O) groups excluding carboxylic acids is 1. The summed E-state index contributed by atoms with van der Waals surface area (Å²) in [4.78, 5) is 14.3. The van der Waals surface area contributed by atoms with Crippen molar-refractivity contribution >= 4 is 11.7 Å². The minimum Gasteiger partial charge on any atom is -0.326 e. The lowest BCUT2D eigenvalue weighted by Gasteiger charge is -2.27. The Kier molecular flexibility index (Phi) is 4.43. The normalized spacial score (nSPS) is 18.9. The molecule has 2 amide bonds. The van der Waals surface area contributed by atoms with Gasteiger partial charge in [-0.25, -0.2) is 4.79 Å². The predicted molar refractivity (Wildman–Crippen MR) is 77.9 cm³/mol. The highest BCUT2D eigenvalue weighted by Gasteiger charge is 2.30. The summed E-state index contributed by atoms with van der Waals surface area (Å²) in [5.74, 6) is 0.503. The number of nitrogens with two attached hydrogens (primary N) is 1. The molecule has 1 heterocycles. The third-order valence-corrected chi connectivity index (χ3v) is 3.74. The molecule has 2 rings (SSSR count). The van der Waals surface area contributed by atoms with Crippen LogP contribution < -0.4 is 11.1 Å². The number of carbonyl (C=O) groups is 1. The topological polar surface area (TPSA) is 58.4 Å². The molecule has 0 bridgehead atoms. The Morgan fingerprint density at radius 3 is 3.00 bits per heavy atom. The number of benzene rings is 1. The zero-order valence-corrected chi connectivity index (χ0v) is 11.7. The zero-order valence-electron chi connectivity index (χ0n) is 11.7. The van der Waals surface area contributed by atoms with Crippen molar-refractivity contribution in [3.05, 3.63) is 29.8 Å². The largest absolute Gasteiger partial charge is 0.326 e. The maximum atomic E-state index is 12.3. The van der Waals surface area contributed by atoms with E-state index in [9.17, 15) is 4.79 Å². The zero-order chi connectivity index (χ0) is 13.8. The number of hydrogen-bond acceptors (Lipinski definition) is 2. The maximum absolute atomic E-state index is 12.3. The van der Waals surface area contributed by atoms with E-state index in [2.05, 4.69) is 19.2 Å². The second-order valence-electron chi connectivity index (χ2n) is 5.48. The van der Waals surface area contributed by atoms with Crippen LogP contribution in [0.5, 0.6) is 0 Å². The van der Waals surface area contributed by atoms with Crippen LogP contribution in [0.25, 0.3) is 0 Å². The summed E-state index contributed by atoms with van der Waals surface area (Å²) in [6.45, 7) is 5.68. The fourth-order valence-corrected chi connectivity index (χ4v) is 2.71. The fraction of sp³-hybridized carbons (Fsp3) is 0.533. The van der Waals surface area contributed by atoms with Crippen molar-refractivity contribution in [2.75, 3.05) is 11.9 Å². The molecule has 1 saturated heterocycles. The van der Waals surface area contributed by atoms with Gasteiger partial charge in [0, 0.05) is 24.8 Å². The highest BCUT2D eigenvalue weighted by Crippen LogP contribution is 2.24. The van der Waals surface area contributed by atoms with Crippen LogP contribution in [0, 0.1) is 5.92 Å². The molecule has 1 unspecified atom stereocenters. The van der Waals surface area contributed by atoms with Gasteiger partial charge in [0.1, 0.15) is 0 Å². The summed E-state index contributed by atoms with van der Waals surface area (Å²) in [6, 6.07) is 8.07. The number of amides is 2. The minimum atomic E-state index is 0.00497. The number of nitrogens with one attached hydrogen (secondary N) is 1. The Labute approximate surface area is 115 Å². The Morgan fingerprint density at radius 2 is 2.32 bits per heavy atom. The first kappa shape index (κ1) is 13.9. The second-order valence-corrected chi connectivity index (χ2v) is 5.48. The van der Waals surface area contributed by atoms with Crippen LogP contribution in [-0.4, -0.2) is 23.5 Å². The SMILES string of the molecule is CC(C)C1CCCN1C(=O)Nc1cccc(CN)c1. The van der Waals surface area contributed by atoms with Gasteiger partial charge in [0.15, 0.2) is 0 Å². The van der Waals surface area contributed by atoms with E-state index in [-0.39, 0.29) is 6.03 Å². The molecule has 4 heteroatoms.